The molecule has 0 radical (unpaired) electrons. The average Bonchev–Trinajstić information content (AvgIpc) is 2.45. The minimum Gasteiger partial charge on any atom is -0.348 e. The third-order valence-corrected chi connectivity index (χ3v) is 2.46. The van der Waals surface area contributed by atoms with Gasteiger partial charge in [-0.15, -0.1) is 0 Å². The highest BCUT2D eigenvalue weighted by Gasteiger charge is 2.32. The minimum atomic E-state index is -0.683. The van der Waals surface area contributed by atoms with E-state index in [9.17, 15) is 13.6 Å². The van der Waals surface area contributed by atoms with Crippen LogP contribution in [-0.4, -0.2) is 11.9 Å². The lowest BCUT2D eigenvalue weighted by Crippen LogP contribution is -2.29. The van der Waals surface area contributed by atoms with Gasteiger partial charge in [-0.25, -0.2) is 8.78 Å². The van der Waals surface area contributed by atoms with Crippen molar-refractivity contribution in [2.75, 3.05) is 0 Å². The normalized spacial score (nSPS) is 25.4. The van der Waals surface area contributed by atoms with E-state index < -0.39 is 23.7 Å². The van der Waals surface area contributed by atoms with Crippen molar-refractivity contribution in [3.8, 4) is 0 Å². The number of benzene rings is 1. The summed E-state index contributed by atoms with van der Waals surface area (Å²) in [6, 6.07) is 2.22. The van der Waals surface area contributed by atoms with Crippen molar-refractivity contribution in [2.24, 2.45) is 5.73 Å². The van der Waals surface area contributed by atoms with Gasteiger partial charge in [0.25, 0.3) is 0 Å². The molecule has 3 N–H and O–H groups in total. The Morgan fingerprint density at radius 2 is 2.13 bits per heavy atom. The Kier molecular flexibility index (Phi) is 2.40. The zero-order valence-electron chi connectivity index (χ0n) is 7.84. The molecule has 0 saturated carbocycles. The standard InChI is InChI=1S/C10H10F2N2O/c11-5-1-2-6(7(12)3-5)10-8(13)4-9(15)14-10/h1-3,8,10H,4,13H2,(H,14,15)/t8-,10+/m1/s1. The molecule has 0 aromatic heterocycles. The molecule has 1 aliphatic heterocycles. The fraction of sp³-hybridized carbons (Fsp3) is 0.300. The predicted molar refractivity (Wildman–Crippen MR) is 49.8 cm³/mol. The van der Waals surface area contributed by atoms with Gasteiger partial charge >= 0.3 is 0 Å². The summed E-state index contributed by atoms with van der Waals surface area (Å²) in [6.45, 7) is 0. The molecule has 1 heterocycles. The SMILES string of the molecule is N[C@@H]1CC(=O)N[C@H]1c1ccc(F)cc1F. The van der Waals surface area contributed by atoms with Crippen LogP contribution in [0, 0.1) is 11.6 Å². The van der Waals surface area contributed by atoms with Gasteiger partial charge in [0.1, 0.15) is 11.6 Å². The van der Waals surface area contributed by atoms with Crippen molar-refractivity contribution in [1.29, 1.82) is 0 Å². The van der Waals surface area contributed by atoms with Crippen LogP contribution in [0.25, 0.3) is 0 Å². The quantitative estimate of drug-likeness (QED) is 0.725. The number of rotatable bonds is 1. The molecule has 0 aliphatic carbocycles. The summed E-state index contributed by atoms with van der Waals surface area (Å²) in [7, 11) is 0. The van der Waals surface area contributed by atoms with Gasteiger partial charge in [0.2, 0.25) is 5.91 Å². The van der Waals surface area contributed by atoms with E-state index in [0.29, 0.717) is 0 Å². The van der Waals surface area contributed by atoms with Crippen LogP contribution in [-0.2, 0) is 4.79 Å². The highest BCUT2D eigenvalue weighted by Crippen LogP contribution is 2.25. The second-order valence-electron chi connectivity index (χ2n) is 3.58. The molecule has 0 spiro atoms. The Morgan fingerprint density at radius 1 is 1.40 bits per heavy atom. The monoisotopic (exact) mass is 212 g/mol. The summed E-state index contributed by atoms with van der Waals surface area (Å²) in [4.78, 5) is 11.0. The summed E-state index contributed by atoms with van der Waals surface area (Å²) in [6.07, 6.45) is 0.168. The van der Waals surface area contributed by atoms with E-state index >= 15 is 0 Å². The van der Waals surface area contributed by atoms with Gasteiger partial charge in [-0.05, 0) is 6.07 Å². The van der Waals surface area contributed by atoms with Crippen molar-refractivity contribution in [3.63, 3.8) is 0 Å². The highest BCUT2D eigenvalue weighted by atomic mass is 19.1. The zero-order valence-corrected chi connectivity index (χ0v) is 7.84. The summed E-state index contributed by atoms with van der Waals surface area (Å²) in [5.74, 6) is -1.54. The third-order valence-electron chi connectivity index (χ3n) is 2.46. The molecule has 1 saturated heterocycles. The molecular formula is C10H10F2N2O. The van der Waals surface area contributed by atoms with Crippen LogP contribution < -0.4 is 11.1 Å². The van der Waals surface area contributed by atoms with Gasteiger partial charge < -0.3 is 11.1 Å². The van der Waals surface area contributed by atoms with Crippen molar-refractivity contribution < 1.29 is 13.6 Å². The molecule has 2 atom stereocenters. The third kappa shape index (κ3) is 1.83. The molecule has 2 rings (SSSR count). The molecule has 0 unspecified atom stereocenters. The number of amides is 1. The molecule has 1 aliphatic rings. The smallest absolute Gasteiger partial charge is 0.222 e. The van der Waals surface area contributed by atoms with Gasteiger partial charge in [0, 0.05) is 24.1 Å². The molecule has 3 nitrogen and oxygen atoms in total. The fourth-order valence-electron chi connectivity index (χ4n) is 1.73. The molecule has 5 heteroatoms. The van der Waals surface area contributed by atoms with Crippen LogP contribution in [0.4, 0.5) is 8.78 Å². The summed E-state index contributed by atoms with van der Waals surface area (Å²) < 4.78 is 26.0. The molecule has 80 valence electrons. The second-order valence-corrected chi connectivity index (χ2v) is 3.58. The average molecular weight is 212 g/mol. The van der Waals surface area contributed by atoms with E-state index in [2.05, 4.69) is 5.32 Å². The Hall–Kier alpha value is -1.49. The van der Waals surface area contributed by atoms with Crippen LogP contribution in [0.15, 0.2) is 18.2 Å². The first-order valence-corrected chi connectivity index (χ1v) is 4.58. The number of nitrogens with one attached hydrogen (secondary N) is 1. The summed E-state index contributed by atoms with van der Waals surface area (Å²) >= 11 is 0. The van der Waals surface area contributed by atoms with Crippen molar-refractivity contribution >= 4 is 5.91 Å². The molecule has 1 aromatic carbocycles. The topological polar surface area (TPSA) is 55.1 Å². The van der Waals surface area contributed by atoms with Crippen LogP contribution in [0.5, 0.6) is 0 Å². The fourth-order valence-corrected chi connectivity index (χ4v) is 1.73. The van der Waals surface area contributed by atoms with E-state index in [1.807, 2.05) is 0 Å². The minimum absolute atomic E-state index is 0.168. The Balaban J connectivity index is 2.33. The van der Waals surface area contributed by atoms with Crippen LogP contribution >= 0.6 is 0 Å². The lowest BCUT2D eigenvalue weighted by atomic mass is 10.0. The predicted octanol–water partition coefficient (Wildman–Crippen LogP) is 0.853. The molecule has 1 fully saturated rings. The van der Waals surface area contributed by atoms with Crippen molar-refractivity contribution in [1.82, 2.24) is 5.32 Å². The van der Waals surface area contributed by atoms with E-state index in [1.54, 1.807) is 0 Å². The summed E-state index contributed by atoms with van der Waals surface area (Å²) in [5, 5.41) is 2.55. The number of carbonyl (C=O) groups is 1. The molecule has 1 amide bonds. The zero-order chi connectivity index (χ0) is 11.0. The second kappa shape index (κ2) is 3.58. The largest absolute Gasteiger partial charge is 0.348 e. The van der Waals surface area contributed by atoms with Crippen molar-refractivity contribution in [3.05, 3.63) is 35.4 Å². The van der Waals surface area contributed by atoms with Crippen LogP contribution in [0.3, 0.4) is 0 Å². The molecule has 0 bridgehead atoms. The van der Waals surface area contributed by atoms with Crippen LogP contribution in [0.2, 0.25) is 0 Å². The molecule has 15 heavy (non-hydrogen) atoms. The maximum absolute atomic E-state index is 13.4. The number of halogens is 2. The van der Waals surface area contributed by atoms with Gasteiger partial charge in [-0.2, -0.15) is 0 Å². The molecular weight excluding hydrogens is 202 g/mol. The number of hydrogen-bond acceptors (Lipinski definition) is 2. The number of hydrogen-bond donors (Lipinski definition) is 2. The van der Waals surface area contributed by atoms with Crippen molar-refractivity contribution in [2.45, 2.75) is 18.5 Å². The Morgan fingerprint density at radius 3 is 2.67 bits per heavy atom. The van der Waals surface area contributed by atoms with Crippen LogP contribution in [0.1, 0.15) is 18.0 Å². The van der Waals surface area contributed by atoms with E-state index in [1.165, 1.54) is 6.07 Å². The first kappa shape index (κ1) is 10.0. The Bertz CT molecular complexity index is 408. The number of carbonyl (C=O) groups excluding carboxylic acids is 1. The van der Waals surface area contributed by atoms with E-state index in [0.717, 1.165) is 12.1 Å². The highest BCUT2D eigenvalue weighted by molar-refractivity contribution is 5.80. The molecule has 1 aromatic rings. The number of nitrogens with two attached hydrogens (primary N) is 1. The van der Waals surface area contributed by atoms with E-state index in [-0.39, 0.29) is 17.9 Å². The first-order chi connectivity index (χ1) is 7.08. The summed E-state index contributed by atoms with van der Waals surface area (Å²) in [5.41, 5.74) is 5.90. The van der Waals surface area contributed by atoms with E-state index in [4.69, 9.17) is 5.73 Å². The maximum atomic E-state index is 13.4. The lowest BCUT2D eigenvalue weighted by molar-refractivity contribution is -0.119. The van der Waals surface area contributed by atoms with Gasteiger partial charge in [0.15, 0.2) is 0 Å². The van der Waals surface area contributed by atoms with Gasteiger partial charge in [-0.3, -0.25) is 4.79 Å². The first-order valence-electron chi connectivity index (χ1n) is 4.58. The van der Waals surface area contributed by atoms with Gasteiger partial charge in [-0.1, -0.05) is 6.07 Å². The maximum Gasteiger partial charge on any atom is 0.222 e. The van der Waals surface area contributed by atoms with Gasteiger partial charge in [0.05, 0.1) is 6.04 Å². The lowest BCUT2D eigenvalue weighted by Gasteiger charge is -2.15. The Labute approximate surface area is 85.3 Å².